The molecule has 0 saturated heterocycles. The molecule has 3 fully saturated rings. The fraction of sp³-hybridized carbons (Fsp3) is 0.538. The van der Waals surface area contributed by atoms with Crippen molar-refractivity contribution in [2.24, 2.45) is 27.6 Å². The Kier molecular flexibility index (Phi) is 58.6. The minimum atomic E-state index is -1.94. The number of aromatic nitrogens is 2. The molecule has 3 aliphatic carbocycles. The molecule has 1 amide bonds. The number of anilines is 2. The monoisotopic (exact) mass is 1880 g/mol. The van der Waals surface area contributed by atoms with E-state index in [9.17, 15) is 41.2 Å². The molecule has 3 aliphatic rings. The molecule has 7 aromatic rings. The normalized spacial score (nSPS) is 13.8. The van der Waals surface area contributed by atoms with E-state index >= 15 is 0 Å². The fourth-order valence-corrected chi connectivity index (χ4v) is 12.6. The molecule has 6 aromatic carbocycles. The van der Waals surface area contributed by atoms with Crippen LogP contribution in [0.5, 0.6) is 0 Å². The van der Waals surface area contributed by atoms with Gasteiger partial charge in [-0.2, -0.15) is 23.3 Å². The van der Waals surface area contributed by atoms with Crippen LogP contribution >= 0.6 is 17.0 Å². The molecule has 3 saturated carbocycles. The van der Waals surface area contributed by atoms with Gasteiger partial charge in [-0.25, -0.2) is 36.2 Å². The van der Waals surface area contributed by atoms with E-state index in [2.05, 4.69) is 57.6 Å². The van der Waals surface area contributed by atoms with Crippen LogP contribution in [0.3, 0.4) is 0 Å². The van der Waals surface area contributed by atoms with Gasteiger partial charge in [0.15, 0.2) is 11.5 Å². The molecular formula is C93H147BrF2MgN8O12S2Si2Ti. The number of benzene rings is 6. The van der Waals surface area contributed by atoms with Crippen molar-refractivity contribution in [2.75, 3.05) is 17.3 Å². The average molecular weight is 1880 g/mol. The van der Waals surface area contributed by atoms with Gasteiger partial charge in [0.25, 0.3) is 0 Å². The Morgan fingerprint density at radius 2 is 1.11 bits per heavy atom. The summed E-state index contributed by atoms with van der Waals surface area (Å²) in [5, 5.41) is 53.2. The zero-order chi connectivity index (χ0) is 91.0. The summed E-state index contributed by atoms with van der Waals surface area (Å²) < 4.78 is 78.9. The van der Waals surface area contributed by atoms with Gasteiger partial charge in [-0.05, 0) is 240 Å². The zero-order valence-corrected chi connectivity index (χ0v) is 85.8. The first-order valence-corrected chi connectivity index (χ1v) is 48.4. The van der Waals surface area contributed by atoms with E-state index in [0.29, 0.717) is 22.9 Å². The number of carboxylic acids is 1. The average Bonchev–Trinajstić information content (AvgIpc) is 1.56. The van der Waals surface area contributed by atoms with Crippen LogP contribution < -0.4 is 25.5 Å². The van der Waals surface area contributed by atoms with Crippen LogP contribution in [0.1, 0.15) is 266 Å². The van der Waals surface area contributed by atoms with Gasteiger partial charge in [0.2, 0.25) is 0 Å². The minimum absolute atomic E-state index is 0. The third kappa shape index (κ3) is 54.4. The number of nitrogens with one attached hydrogen (secondary N) is 2. The Hall–Kier alpha value is -5.68. The number of nitrogens with zero attached hydrogens (tertiary/aromatic N) is 4. The number of alkyl carbamates (subject to hydrolysis) is 1. The number of aryl methyl sites for hydroxylation is 1. The van der Waals surface area contributed by atoms with E-state index in [1.54, 1.807) is 126 Å². The SMILES string of the molecule is Br.CC(C)(C)S(=O)NC(CCC1CC1)(c1ccccc1)c1ccc(F)c(N)c1.CC(C)(C)S(N)=O.CC(C)(C)[Si](=O)N=C(CCC1CC1)c1ccccc1.CC(C)O.CC(C)O.CC(C)O.CC(C)O.CN(c1c[c-]ccc1F)[Si](C)(C)C.Cc1cc(C(=O)O)n(-c2cccc(CNC(=O)OC(C)(C)C)c2)n1.O=C(CCC1CC1)c1ccccc1.[H-].[Mg+2].[Ti]. The number of rotatable bonds is 22. The quantitative estimate of drug-likeness (QED) is 0.0100. The summed E-state index contributed by atoms with van der Waals surface area (Å²) in [6.45, 7) is 45.1. The molecule has 0 radical (unpaired) electrons. The smallest absolute Gasteiger partial charge is 1.00 e. The number of nitrogen functional groups attached to an aromatic ring is 1. The van der Waals surface area contributed by atoms with Crippen LogP contribution in [0.25, 0.3) is 5.69 Å². The van der Waals surface area contributed by atoms with Crippen LogP contribution in [0.2, 0.25) is 24.7 Å². The molecule has 10 rings (SSSR count). The summed E-state index contributed by atoms with van der Waals surface area (Å²) in [4.78, 5) is 34.6. The largest absolute Gasteiger partial charge is 2.00 e. The maximum atomic E-state index is 13.9. The van der Waals surface area contributed by atoms with Gasteiger partial charge in [0.05, 0.1) is 54.1 Å². The number of nitrogens with two attached hydrogens (primary N) is 2. The molecule has 1 aromatic heterocycles. The predicted octanol–water partition coefficient (Wildman–Crippen LogP) is 20.4. The van der Waals surface area contributed by atoms with Crippen LogP contribution in [0, 0.1) is 42.4 Å². The second-order valence-electron chi connectivity index (χ2n) is 36.0. The number of aromatic carboxylic acids is 1. The number of carboxylic acid groups (broad SMARTS) is 1. The Morgan fingerprint density at radius 3 is 1.52 bits per heavy atom. The number of aliphatic hydroxyl groups excluding tert-OH is 4. The summed E-state index contributed by atoms with van der Waals surface area (Å²) in [6, 6.07) is 50.9. The molecular weight excluding hydrogens is 1730 g/mol. The maximum absolute atomic E-state index is 13.9. The van der Waals surface area contributed by atoms with Gasteiger partial charge in [-0.3, -0.25) is 14.6 Å². The van der Waals surface area contributed by atoms with E-state index < -0.39 is 72.8 Å². The Labute approximate surface area is 780 Å². The van der Waals surface area contributed by atoms with Crippen molar-refractivity contribution in [3.63, 3.8) is 0 Å². The van der Waals surface area contributed by atoms with Crippen LogP contribution in [0.15, 0.2) is 162 Å². The number of carbonyl (C=O) groups is 3. The Morgan fingerprint density at radius 1 is 0.664 bits per heavy atom. The first-order chi connectivity index (χ1) is 55.0. The number of ketones is 1. The summed E-state index contributed by atoms with van der Waals surface area (Å²) in [7, 11) is -3.94. The van der Waals surface area contributed by atoms with Gasteiger partial charge in [-0.1, -0.05) is 188 Å². The molecule has 11 N–H and O–H groups in total. The maximum Gasteiger partial charge on any atom is 2.00 e. The third-order valence-corrected chi connectivity index (χ3v) is 23.9. The number of Topliss-reactive ketones (excluding diaryl/α,β-unsaturated/α-hetero) is 1. The first kappa shape index (κ1) is 120. The second-order valence-corrected chi connectivity index (χ2v) is 47.1. The standard InChI is InChI=1S/C22H29FN2OS.C17H21N3O4.C16H23NOSi.C12H14O.C10H15FNSi.C4H11NOS.4C3H8O.BrH.Mg.Ti.H/c1-21(2,3)27(26)25-22(14-13-16-9-10-16,17-7-5-4-6-8-17)18-11-12-19(23)20(24)15-18;1-11-8-14(15(21)22)20(19-11)13-7-5-6-12(9-13)10-18-16(23)24-17(2,3)4;1-16(2,3)19(18)17-15(12-11-13-9-10-13)14-7-5-4-6-8-14;13-12(9-8-10-6-7-10)11-4-2-1-3-5-11;1-12(13(2,3)4)10-8-6-5-7-9(10)11;1-4(2,3)7(5)6;4*1-3(2)4;;;;/h4-8,11-12,15-16,25H,9-10,13-14,24H2,1-3H3;5-9H,10H2,1-4H3,(H,18,23)(H,21,22);4-8,13H,9-12H2,1-3H3;1-5,10H,6-9H2;5,7-8H,1-4H3;5H2,1-3H3;4*3-4H,1-2H3;1H;;;/q;;;;-1;;;;;;;+2;;-1. The first-order valence-electron chi connectivity index (χ1n) is 41.2. The molecule has 122 heavy (non-hydrogen) atoms. The number of carbonyl (C=O) groups excluding carboxylic acids is 2. The second kappa shape index (κ2) is 59.4. The van der Waals surface area contributed by atoms with E-state index in [0.717, 1.165) is 83.4 Å². The summed E-state index contributed by atoms with van der Waals surface area (Å²) in [6.07, 6.45) is 12.5. The summed E-state index contributed by atoms with van der Waals surface area (Å²) in [5.74, 6) is 1.11. The number of halogens is 3. The van der Waals surface area contributed by atoms with Gasteiger partial charge < -0.3 is 51.8 Å². The van der Waals surface area contributed by atoms with Crippen LogP contribution in [-0.2, 0) is 65.0 Å². The number of amides is 1. The summed E-state index contributed by atoms with van der Waals surface area (Å²) in [5.41, 5.74) is 12.5. The van der Waals surface area contributed by atoms with Crippen LogP contribution in [-0.4, -0.2) is 154 Å². The summed E-state index contributed by atoms with van der Waals surface area (Å²) >= 11 is 0. The number of aliphatic hydroxyl groups is 4. The van der Waals surface area contributed by atoms with Gasteiger partial charge >= 0.3 is 44.0 Å². The molecule has 1 heterocycles. The topological polar surface area (TPSA) is 322 Å². The van der Waals surface area contributed by atoms with Gasteiger partial charge in [-0.15, -0.1) is 23.0 Å². The molecule has 678 valence electrons. The van der Waals surface area contributed by atoms with E-state index in [4.69, 9.17) is 36.0 Å². The van der Waals surface area contributed by atoms with Crippen molar-refractivity contribution in [1.82, 2.24) is 19.8 Å². The van der Waals surface area contributed by atoms with Crippen LogP contribution in [0.4, 0.5) is 25.0 Å². The molecule has 20 nitrogen and oxygen atoms in total. The van der Waals surface area contributed by atoms with Crippen molar-refractivity contribution >= 4 is 114 Å². The van der Waals surface area contributed by atoms with Crippen molar-refractivity contribution in [3.8, 4) is 5.69 Å². The molecule has 0 spiro atoms. The molecule has 0 bridgehead atoms. The molecule has 3 atom stereocenters. The number of hydrogen-bond acceptors (Lipinski definition) is 14. The molecule has 29 heteroatoms. The van der Waals surface area contributed by atoms with E-state index in [1.807, 2.05) is 159 Å². The van der Waals surface area contributed by atoms with Gasteiger partial charge in [0, 0.05) is 81.2 Å². The fourth-order valence-electron chi connectivity index (χ4n) is 9.89. The van der Waals surface area contributed by atoms with Crippen molar-refractivity contribution < 1.29 is 89.5 Å². The minimum Gasteiger partial charge on any atom is -1.00 e. The van der Waals surface area contributed by atoms with E-state index in [-0.39, 0.29) is 121 Å². The predicted molar refractivity (Wildman–Crippen MR) is 509 cm³/mol. The van der Waals surface area contributed by atoms with Gasteiger partial charge in [0.1, 0.15) is 19.7 Å². The van der Waals surface area contributed by atoms with E-state index in [1.165, 1.54) is 67.8 Å². The van der Waals surface area contributed by atoms with Crippen molar-refractivity contribution in [2.45, 2.75) is 299 Å². The number of ether oxygens (including phenoxy) is 1. The Bertz CT molecular complexity index is 4190. The molecule has 0 aliphatic heterocycles. The zero-order valence-electron chi connectivity index (χ0n) is 78.5. The number of hydrogen-bond donors (Lipinski definition) is 9. The van der Waals surface area contributed by atoms with Crippen molar-refractivity contribution in [3.05, 3.63) is 215 Å². The Balaban J connectivity index is -0.000000681. The van der Waals surface area contributed by atoms with Crippen molar-refractivity contribution in [1.29, 1.82) is 0 Å². The third-order valence-electron chi connectivity index (χ3n) is 17.1. The molecule has 3 unspecified atom stereocenters.